The van der Waals surface area contributed by atoms with Crippen molar-refractivity contribution in [3.05, 3.63) is 101 Å². The number of hydrogen-bond acceptors (Lipinski definition) is 7. The van der Waals surface area contributed by atoms with Crippen molar-refractivity contribution >= 4 is 34.4 Å². The van der Waals surface area contributed by atoms with Gasteiger partial charge in [0.2, 0.25) is 0 Å². The topological polar surface area (TPSA) is 113 Å². The van der Waals surface area contributed by atoms with Crippen LogP contribution >= 0.6 is 0 Å². The molecule has 0 aliphatic carbocycles. The molecule has 2 aliphatic rings. The first kappa shape index (κ1) is 30.9. The monoisotopic (exact) mass is 618 g/mol. The average molecular weight is 619 g/mol. The summed E-state index contributed by atoms with van der Waals surface area (Å²) in [5.41, 5.74) is 4.64. The second kappa shape index (κ2) is 13.5. The molecule has 0 spiro atoms. The predicted molar refractivity (Wildman–Crippen MR) is 176 cm³/mol. The van der Waals surface area contributed by atoms with Crippen LogP contribution in [-0.2, 0) is 6.54 Å². The maximum atomic E-state index is 13.4. The van der Waals surface area contributed by atoms with Crippen molar-refractivity contribution in [3.8, 4) is 6.07 Å². The molecule has 1 N–H and O–H groups in total. The molecule has 0 unspecified atom stereocenters. The molecule has 0 radical (unpaired) electrons. The molecule has 0 atom stereocenters. The number of piperidine rings is 1. The minimum Gasteiger partial charge on any atom is -0.451 e. The second-order valence-electron chi connectivity index (χ2n) is 12.2. The Balaban J connectivity index is 1.00. The number of piperazine rings is 1. The van der Waals surface area contributed by atoms with Crippen molar-refractivity contribution in [1.29, 1.82) is 5.26 Å². The van der Waals surface area contributed by atoms with Crippen LogP contribution in [0.4, 0.5) is 5.69 Å². The highest BCUT2D eigenvalue weighted by molar-refractivity contribution is 6.00. The first-order chi connectivity index (χ1) is 22.3. The van der Waals surface area contributed by atoms with E-state index in [1.165, 1.54) is 5.56 Å². The van der Waals surface area contributed by atoms with Crippen LogP contribution < -0.4 is 10.2 Å². The van der Waals surface area contributed by atoms with Crippen LogP contribution in [0.5, 0.6) is 0 Å². The lowest BCUT2D eigenvalue weighted by Crippen LogP contribution is -2.48. The number of fused-ring (bicyclic) bond motifs is 1. The summed E-state index contributed by atoms with van der Waals surface area (Å²) in [7, 11) is 3.47. The van der Waals surface area contributed by atoms with E-state index < -0.39 is 0 Å². The van der Waals surface area contributed by atoms with Crippen LogP contribution in [-0.4, -0.2) is 91.8 Å². The van der Waals surface area contributed by atoms with Crippen LogP contribution in [0.25, 0.3) is 11.0 Å². The van der Waals surface area contributed by atoms with Gasteiger partial charge in [0.15, 0.2) is 5.76 Å². The number of hydrogen-bond donors (Lipinski definition) is 1. The quantitative estimate of drug-likeness (QED) is 0.328. The molecule has 4 aromatic rings. The SMILES string of the molecule is CN(C)C(=O)c1ccc(N2CCN(C(=O)c3ccc4oc(C(=O)NC5CCN(Cc6ccc(C#N)cc6)CC5)cc4c3)CC2)cc1. The van der Waals surface area contributed by atoms with Gasteiger partial charge in [-0.15, -0.1) is 0 Å². The summed E-state index contributed by atoms with van der Waals surface area (Å²) < 4.78 is 5.87. The number of rotatable bonds is 7. The molecular weight excluding hydrogens is 580 g/mol. The summed E-state index contributed by atoms with van der Waals surface area (Å²) in [6.07, 6.45) is 1.69. The normalized spacial score (nSPS) is 15.8. The lowest BCUT2D eigenvalue weighted by Gasteiger charge is -2.36. The van der Waals surface area contributed by atoms with Gasteiger partial charge in [-0.3, -0.25) is 19.3 Å². The van der Waals surface area contributed by atoms with Crippen molar-refractivity contribution in [2.24, 2.45) is 0 Å². The van der Waals surface area contributed by atoms with E-state index in [2.05, 4.69) is 21.2 Å². The number of carbonyl (C=O) groups excluding carboxylic acids is 3. The van der Waals surface area contributed by atoms with E-state index in [-0.39, 0.29) is 29.5 Å². The molecule has 10 nitrogen and oxygen atoms in total. The lowest BCUT2D eigenvalue weighted by molar-refractivity contribution is 0.0745. The Labute approximate surface area is 268 Å². The molecule has 1 aromatic heterocycles. The van der Waals surface area contributed by atoms with E-state index in [1.54, 1.807) is 43.3 Å². The number of benzene rings is 3. The Morgan fingerprint density at radius 2 is 1.54 bits per heavy atom. The van der Waals surface area contributed by atoms with Gasteiger partial charge in [-0.2, -0.15) is 5.26 Å². The van der Waals surface area contributed by atoms with Crippen molar-refractivity contribution in [1.82, 2.24) is 20.0 Å². The highest BCUT2D eigenvalue weighted by atomic mass is 16.3. The summed E-state index contributed by atoms with van der Waals surface area (Å²) >= 11 is 0. The highest BCUT2D eigenvalue weighted by Crippen LogP contribution is 2.24. The standard InChI is InChI=1S/C36H38N6O4/c1-39(2)35(44)27-7-10-31(11-8-27)41-17-19-42(20-18-41)36(45)28-9-12-32-29(21-28)22-33(46-32)34(43)38-30-13-15-40(16-14-30)24-26-5-3-25(23-37)4-6-26/h3-12,21-22,30H,13-20,24H2,1-2H3,(H,38,43). The first-order valence-electron chi connectivity index (χ1n) is 15.7. The summed E-state index contributed by atoms with van der Waals surface area (Å²) in [6, 6.07) is 24.5. The van der Waals surface area contributed by atoms with Crippen LogP contribution in [0.2, 0.25) is 0 Å². The number of likely N-dealkylation sites (tertiary alicyclic amines) is 1. The molecule has 2 saturated heterocycles. The number of furan rings is 1. The Morgan fingerprint density at radius 3 is 2.20 bits per heavy atom. The van der Waals surface area contributed by atoms with Crippen LogP contribution in [0.3, 0.4) is 0 Å². The molecule has 2 aliphatic heterocycles. The van der Waals surface area contributed by atoms with Crippen molar-refractivity contribution in [3.63, 3.8) is 0 Å². The Morgan fingerprint density at radius 1 is 0.870 bits per heavy atom. The third kappa shape index (κ3) is 6.90. The minimum atomic E-state index is -0.246. The van der Waals surface area contributed by atoms with E-state index in [0.717, 1.165) is 43.5 Å². The van der Waals surface area contributed by atoms with Gasteiger partial charge in [-0.05, 0) is 79.1 Å². The maximum Gasteiger partial charge on any atom is 0.287 e. The summed E-state index contributed by atoms with van der Waals surface area (Å²) in [4.78, 5) is 46.6. The van der Waals surface area contributed by atoms with Crippen LogP contribution in [0.1, 0.15) is 55.2 Å². The van der Waals surface area contributed by atoms with Gasteiger partial charge in [0, 0.05) is 88.2 Å². The zero-order chi connectivity index (χ0) is 32.2. The number of nitrogens with zero attached hydrogens (tertiary/aromatic N) is 5. The predicted octanol–water partition coefficient (Wildman–Crippen LogP) is 4.36. The Kier molecular flexibility index (Phi) is 9.04. The van der Waals surface area contributed by atoms with Gasteiger partial charge in [-0.25, -0.2) is 0 Å². The molecule has 0 saturated carbocycles. The fraction of sp³-hybridized carbons (Fsp3) is 0.333. The summed E-state index contributed by atoms with van der Waals surface area (Å²) in [5, 5.41) is 12.8. The molecular formula is C36H38N6O4. The number of nitrogens with one attached hydrogen (secondary N) is 1. The van der Waals surface area contributed by atoms with Crippen LogP contribution in [0, 0.1) is 11.3 Å². The van der Waals surface area contributed by atoms with Gasteiger partial charge in [-0.1, -0.05) is 12.1 Å². The Hall–Kier alpha value is -5.14. The minimum absolute atomic E-state index is 0.0296. The van der Waals surface area contributed by atoms with Gasteiger partial charge >= 0.3 is 0 Å². The number of anilines is 1. The third-order valence-electron chi connectivity index (χ3n) is 8.85. The fourth-order valence-electron chi connectivity index (χ4n) is 6.15. The highest BCUT2D eigenvalue weighted by Gasteiger charge is 2.25. The Bertz CT molecular complexity index is 1760. The second-order valence-corrected chi connectivity index (χ2v) is 12.2. The zero-order valence-corrected chi connectivity index (χ0v) is 26.2. The van der Waals surface area contributed by atoms with E-state index >= 15 is 0 Å². The number of amides is 3. The molecule has 2 fully saturated rings. The van der Waals surface area contributed by atoms with E-state index in [1.807, 2.05) is 53.4 Å². The van der Waals surface area contributed by atoms with E-state index in [0.29, 0.717) is 48.5 Å². The average Bonchev–Trinajstić information content (AvgIpc) is 3.53. The summed E-state index contributed by atoms with van der Waals surface area (Å²) in [6.45, 7) is 5.12. The molecule has 0 bridgehead atoms. The lowest BCUT2D eigenvalue weighted by atomic mass is 10.0. The van der Waals surface area contributed by atoms with Gasteiger partial charge in [0.25, 0.3) is 17.7 Å². The number of carbonyl (C=O) groups is 3. The molecule has 46 heavy (non-hydrogen) atoms. The zero-order valence-electron chi connectivity index (χ0n) is 26.2. The molecule has 3 aromatic carbocycles. The van der Waals surface area contributed by atoms with E-state index in [4.69, 9.17) is 9.68 Å². The van der Waals surface area contributed by atoms with Crippen molar-refractivity contribution < 1.29 is 18.8 Å². The third-order valence-corrected chi connectivity index (χ3v) is 8.85. The maximum absolute atomic E-state index is 13.4. The smallest absolute Gasteiger partial charge is 0.287 e. The first-order valence-corrected chi connectivity index (χ1v) is 15.7. The number of nitriles is 1. The fourth-order valence-corrected chi connectivity index (χ4v) is 6.15. The van der Waals surface area contributed by atoms with Gasteiger partial charge in [0.05, 0.1) is 11.6 Å². The molecule has 236 valence electrons. The van der Waals surface area contributed by atoms with Crippen molar-refractivity contribution in [2.75, 3.05) is 58.3 Å². The van der Waals surface area contributed by atoms with E-state index in [9.17, 15) is 14.4 Å². The van der Waals surface area contributed by atoms with Gasteiger partial charge < -0.3 is 24.4 Å². The molecule has 3 heterocycles. The molecule has 10 heteroatoms. The van der Waals surface area contributed by atoms with Crippen molar-refractivity contribution in [2.45, 2.75) is 25.4 Å². The molecule has 6 rings (SSSR count). The summed E-state index contributed by atoms with van der Waals surface area (Å²) in [5.74, 6) is -0.0807. The van der Waals surface area contributed by atoms with Gasteiger partial charge in [0.1, 0.15) is 5.58 Å². The van der Waals surface area contributed by atoms with Crippen LogP contribution in [0.15, 0.2) is 77.2 Å². The molecule has 3 amide bonds. The largest absolute Gasteiger partial charge is 0.451 e.